The molecule has 0 aromatic carbocycles. The van der Waals surface area contributed by atoms with Crippen molar-refractivity contribution in [2.45, 2.75) is 6.42 Å². The van der Waals surface area contributed by atoms with Crippen LogP contribution in [0.25, 0.3) is 5.65 Å². The fraction of sp³-hybridized carbons (Fsp3) is 0.143. The van der Waals surface area contributed by atoms with Gasteiger partial charge in [-0.3, -0.25) is 9.78 Å². The molecule has 66 valence electrons. The second-order valence-electron chi connectivity index (χ2n) is 2.51. The van der Waals surface area contributed by atoms with Crippen LogP contribution in [0.2, 0.25) is 0 Å². The summed E-state index contributed by atoms with van der Waals surface area (Å²) < 4.78 is 1.49. The van der Waals surface area contributed by atoms with Crippen molar-refractivity contribution < 1.29 is 9.90 Å². The van der Waals surface area contributed by atoms with Crippen LogP contribution in [-0.2, 0) is 11.2 Å². The van der Waals surface area contributed by atoms with Crippen LogP contribution in [0, 0.1) is 0 Å². The van der Waals surface area contributed by atoms with Crippen molar-refractivity contribution in [3.05, 3.63) is 24.4 Å². The average molecular weight is 178 g/mol. The van der Waals surface area contributed by atoms with Gasteiger partial charge in [-0.1, -0.05) is 0 Å². The van der Waals surface area contributed by atoms with Crippen LogP contribution in [-0.4, -0.2) is 30.7 Å². The molecule has 13 heavy (non-hydrogen) atoms. The summed E-state index contributed by atoms with van der Waals surface area (Å²) in [6, 6.07) is 0. The maximum absolute atomic E-state index is 10.4. The summed E-state index contributed by atoms with van der Waals surface area (Å²) in [6.45, 7) is 0. The van der Waals surface area contributed by atoms with Gasteiger partial charge in [0.25, 0.3) is 0 Å². The molecule has 0 atom stereocenters. The number of fused-ring (bicyclic) bond motifs is 1. The van der Waals surface area contributed by atoms with Crippen LogP contribution in [0.5, 0.6) is 0 Å². The fourth-order valence-corrected chi connectivity index (χ4v) is 1.01. The molecule has 0 aliphatic heterocycles. The Labute approximate surface area is 72.9 Å². The van der Waals surface area contributed by atoms with Crippen molar-refractivity contribution >= 4 is 11.6 Å². The fourth-order valence-electron chi connectivity index (χ4n) is 1.01. The van der Waals surface area contributed by atoms with E-state index in [1.165, 1.54) is 17.0 Å². The first-order valence-corrected chi connectivity index (χ1v) is 3.62. The smallest absolute Gasteiger partial charge is 0.309 e. The number of carbonyl (C=O) groups is 1. The number of rotatable bonds is 2. The second kappa shape index (κ2) is 2.81. The van der Waals surface area contributed by atoms with E-state index in [-0.39, 0.29) is 6.42 Å². The summed E-state index contributed by atoms with van der Waals surface area (Å²) in [5.74, 6) is -0.910. The molecule has 2 rings (SSSR count). The first-order valence-electron chi connectivity index (χ1n) is 3.62. The Bertz CT molecular complexity index is 450. The van der Waals surface area contributed by atoms with Crippen molar-refractivity contribution in [2.24, 2.45) is 0 Å². The topological polar surface area (TPSA) is 80.4 Å². The van der Waals surface area contributed by atoms with Gasteiger partial charge in [0.2, 0.25) is 0 Å². The van der Waals surface area contributed by atoms with Crippen LogP contribution in [0.15, 0.2) is 18.7 Å². The molecule has 0 amide bonds. The number of hydrogen-bond donors (Lipinski definition) is 1. The zero-order valence-corrected chi connectivity index (χ0v) is 6.58. The van der Waals surface area contributed by atoms with Crippen molar-refractivity contribution in [1.82, 2.24) is 19.6 Å². The number of aliphatic carboxylic acids is 1. The Balaban J connectivity index is 2.42. The van der Waals surface area contributed by atoms with Crippen molar-refractivity contribution in [2.75, 3.05) is 0 Å². The molecule has 2 heterocycles. The third kappa shape index (κ3) is 1.46. The molecule has 0 aliphatic rings. The summed E-state index contributed by atoms with van der Waals surface area (Å²) in [5, 5.41) is 12.4. The Hall–Kier alpha value is -1.98. The summed E-state index contributed by atoms with van der Waals surface area (Å²) in [7, 11) is 0. The quantitative estimate of drug-likeness (QED) is 0.685. The first-order chi connectivity index (χ1) is 6.25. The van der Waals surface area contributed by atoms with Crippen LogP contribution in [0.1, 0.15) is 5.69 Å². The van der Waals surface area contributed by atoms with E-state index in [1.807, 2.05) is 0 Å². The predicted octanol–water partition coefficient (Wildman–Crippen LogP) is -0.249. The van der Waals surface area contributed by atoms with Gasteiger partial charge in [-0.25, -0.2) is 9.50 Å². The highest BCUT2D eigenvalue weighted by Gasteiger charge is 2.03. The lowest BCUT2D eigenvalue weighted by Gasteiger charge is -1.95. The van der Waals surface area contributed by atoms with E-state index in [0.29, 0.717) is 11.3 Å². The van der Waals surface area contributed by atoms with Gasteiger partial charge < -0.3 is 5.11 Å². The SMILES string of the molecule is O=C(O)Cc1cn2ncnc2cn1. The van der Waals surface area contributed by atoms with E-state index in [9.17, 15) is 4.79 Å². The second-order valence-corrected chi connectivity index (χ2v) is 2.51. The summed E-state index contributed by atoms with van der Waals surface area (Å²) in [4.78, 5) is 18.2. The number of carboxylic acids is 1. The maximum Gasteiger partial charge on any atom is 0.309 e. The van der Waals surface area contributed by atoms with Gasteiger partial charge in [-0.05, 0) is 0 Å². The summed E-state index contributed by atoms with van der Waals surface area (Å²) in [5.41, 5.74) is 1.07. The van der Waals surface area contributed by atoms with E-state index < -0.39 is 5.97 Å². The minimum absolute atomic E-state index is 0.101. The molecule has 2 aromatic heterocycles. The summed E-state index contributed by atoms with van der Waals surface area (Å²) in [6.07, 6.45) is 4.33. The standard InChI is InChI=1S/C7H6N4O2/c12-7(13)1-5-3-11-6(2-8-5)9-4-10-11/h2-4H,1H2,(H,12,13). The zero-order chi connectivity index (χ0) is 9.26. The molecule has 6 nitrogen and oxygen atoms in total. The Morgan fingerprint density at radius 3 is 3.15 bits per heavy atom. The molecule has 0 fully saturated rings. The van der Waals surface area contributed by atoms with E-state index in [4.69, 9.17) is 5.11 Å². The minimum Gasteiger partial charge on any atom is -0.481 e. The predicted molar refractivity (Wildman–Crippen MR) is 42.1 cm³/mol. The zero-order valence-electron chi connectivity index (χ0n) is 6.58. The molecule has 0 unspecified atom stereocenters. The van der Waals surface area contributed by atoms with Crippen LogP contribution in [0.4, 0.5) is 0 Å². The molecule has 2 aromatic rings. The average Bonchev–Trinajstić information content (AvgIpc) is 2.49. The van der Waals surface area contributed by atoms with Gasteiger partial charge in [0.1, 0.15) is 6.33 Å². The third-order valence-electron chi connectivity index (χ3n) is 1.55. The maximum atomic E-state index is 10.4. The molecule has 0 radical (unpaired) electrons. The molecule has 0 aliphatic carbocycles. The Kier molecular flexibility index (Phi) is 1.66. The highest BCUT2D eigenvalue weighted by molar-refractivity contribution is 5.69. The van der Waals surface area contributed by atoms with E-state index in [1.54, 1.807) is 6.20 Å². The molecule has 1 N–H and O–H groups in total. The molecule has 0 saturated heterocycles. The molecular formula is C7H6N4O2. The van der Waals surface area contributed by atoms with E-state index in [2.05, 4.69) is 15.1 Å². The van der Waals surface area contributed by atoms with Gasteiger partial charge in [0.05, 0.1) is 24.5 Å². The van der Waals surface area contributed by atoms with Crippen LogP contribution >= 0.6 is 0 Å². The minimum atomic E-state index is -0.910. The highest BCUT2D eigenvalue weighted by atomic mass is 16.4. The first kappa shape index (κ1) is 7.66. The van der Waals surface area contributed by atoms with Crippen molar-refractivity contribution in [3.8, 4) is 0 Å². The monoisotopic (exact) mass is 178 g/mol. The molecule has 0 bridgehead atoms. The van der Waals surface area contributed by atoms with Crippen molar-refractivity contribution in [3.63, 3.8) is 0 Å². The van der Waals surface area contributed by atoms with Gasteiger partial charge in [0.15, 0.2) is 5.65 Å². The normalized spacial score (nSPS) is 10.5. The summed E-state index contributed by atoms with van der Waals surface area (Å²) >= 11 is 0. The lowest BCUT2D eigenvalue weighted by molar-refractivity contribution is -0.136. The Morgan fingerprint density at radius 1 is 1.54 bits per heavy atom. The number of nitrogens with zero attached hydrogens (tertiary/aromatic N) is 4. The lowest BCUT2D eigenvalue weighted by atomic mass is 10.3. The van der Waals surface area contributed by atoms with Gasteiger partial charge in [-0.15, -0.1) is 0 Å². The van der Waals surface area contributed by atoms with E-state index >= 15 is 0 Å². The molecule has 0 saturated carbocycles. The number of aromatic nitrogens is 4. The molecular weight excluding hydrogens is 172 g/mol. The molecule has 0 spiro atoms. The van der Waals surface area contributed by atoms with Gasteiger partial charge in [0, 0.05) is 0 Å². The Morgan fingerprint density at radius 2 is 2.38 bits per heavy atom. The highest BCUT2D eigenvalue weighted by Crippen LogP contribution is 1.99. The largest absolute Gasteiger partial charge is 0.481 e. The van der Waals surface area contributed by atoms with Crippen LogP contribution < -0.4 is 0 Å². The molecule has 6 heteroatoms. The van der Waals surface area contributed by atoms with E-state index in [0.717, 1.165) is 0 Å². The third-order valence-corrected chi connectivity index (χ3v) is 1.55. The van der Waals surface area contributed by atoms with Crippen molar-refractivity contribution in [1.29, 1.82) is 0 Å². The number of carboxylic acid groups (broad SMARTS) is 1. The van der Waals surface area contributed by atoms with Gasteiger partial charge >= 0.3 is 5.97 Å². The van der Waals surface area contributed by atoms with Crippen LogP contribution in [0.3, 0.4) is 0 Å². The lowest BCUT2D eigenvalue weighted by Crippen LogP contribution is -2.04. The van der Waals surface area contributed by atoms with Gasteiger partial charge in [-0.2, -0.15) is 5.10 Å². The number of hydrogen-bond acceptors (Lipinski definition) is 4.